The van der Waals surface area contributed by atoms with Crippen LogP contribution in [0.3, 0.4) is 0 Å². The molecule has 0 fully saturated rings. The van der Waals surface area contributed by atoms with Crippen molar-refractivity contribution in [2.24, 2.45) is 0 Å². The van der Waals surface area contributed by atoms with Crippen LogP contribution in [0.5, 0.6) is 5.75 Å². The van der Waals surface area contributed by atoms with Crippen LogP contribution in [-0.4, -0.2) is 30.1 Å². The van der Waals surface area contributed by atoms with Gasteiger partial charge in [-0.05, 0) is 67.6 Å². The summed E-state index contributed by atoms with van der Waals surface area (Å²) < 4.78 is 19.9. The van der Waals surface area contributed by atoms with E-state index in [1.54, 1.807) is 72.8 Å². The highest BCUT2D eigenvalue weighted by Crippen LogP contribution is 2.25. The number of nitrogens with one attached hydrogen (secondary N) is 3. The molecule has 9 heteroatoms. The molecule has 3 N–H and O–H groups in total. The fraction of sp³-hybridized carbons (Fsp3) is 0.0938. The number of rotatable bonds is 11. The van der Waals surface area contributed by atoms with Crippen LogP contribution in [0.1, 0.15) is 22.8 Å². The van der Waals surface area contributed by atoms with E-state index < -0.39 is 17.6 Å². The van der Waals surface area contributed by atoms with Crippen molar-refractivity contribution in [3.05, 3.63) is 126 Å². The molecule has 0 atom stereocenters. The predicted molar refractivity (Wildman–Crippen MR) is 160 cm³/mol. The van der Waals surface area contributed by atoms with Crippen molar-refractivity contribution in [1.82, 2.24) is 5.32 Å². The fourth-order valence-corrected chi connectivity index (χ4v) is 4.41. The monoisotopic (exact) mass is 569 g/mol. The third-order valence-corrected chi connectivity index (χ3v) is 6.69. The molecule has 0 radical (unpaired) electrons. The first-order valence-corrected chi connectivity index (χ1v) is 13.8. The van der Waals surface area contributed by atoms with Crippen molar-refractivity contribution in [2.45, 2.75) is 11.8 Å². The van der Waals surface area contributed by atoms with Crippen LogP contribution in [-0.2, 0) is 9.59 Å². The van der Waals surface area contributed by atoms with E-state index in [0.29, 0.717) is 29.3 Å². The molecule has 4 rings (SSSR count). The van der Waals surface area contributed by atoms with E-state index in [1.165, 1.54) is 36.0 Å². The van der Waals surface area contributed by atoms with Gasteiger partial charge >= 0.3 is 0 Å². The molecule has 0 unspecified atom stereocenters. The van der Waals surface area contributed by atoms with Gasteiger partial charge in [0.25, 0.3) is 11.8 Å². The molecule has 0 aliphatic rings. The van der Waals surface area contributed by atoms with Crippen LogP contribution in [0.2, 0.25) is 0 Å². The standard InChI is InChI=1S/C32H28FN3O4S/c1-2-40-29-15-9-8-14-27(29)35-30(37)21-41-25-18-16-24(17-19-25)34-32(39)28(20-23-12-6-7-13-26(23)33)36-31(38)22-10-4-3-5-11-22/h3-20H,2,21H2,1H3,(H,34,39)(H,35,37)(H,36,38)/b28-20-. The number of carbonyl (C=O) groups excluding carboxylic acids is 3. The molecule has 4 aromatic carbocycles. The average molecular weight is 570 g/mol. The molecular formula is C32H28FN3O4S. The first kappa shape index (κ1) is 29.1. The highest BCUT2D eigenvalue weighted by atomic mass is 32.2. The van der Waals surface area contributed by atoms with E-state index in [9.17, 15) is 18.8 Å². The van der Waals surface area contributed by atoms with E-state index in [2.05, 4.69) is 16.0 Å². The van der Waals surface area contributed by atoms with Gasteiger partial charge in [-0.3, -0.25) is 14.4 Å². The summed E-state index contributed by atoms with van der Waals surface area (Å²) in [7, 11) is 0. The lowest BCUT2D eigenvalue weighted by Gasteiger charge is -2.12. The predicted octanol–water partition coefficient (Wildman–Crippen LogP) is 6.36. The summed E-state index contributed by atoms with van der Waals surface area (Å²) in [5.41, 5.74) is 1.46. The van der Waals surface area contributed by atoms with Gasteiger partial charge in [-0.25, -0.2) is 4.39 Å². The summed E-state index contributed by atoms with van der Waals surface area (Å²) in [6.07, 6.45) is 1.29. The number of ether oxygens (including phenoxy) is 1. The Hall–Kier alpha value is -4.89. The zero-order valence-electron chi connectivity index (χ0n) is 22.2. The zero-order chi connectivity index (χ0) is 29.0. The number of halogens is 1. The van der Waals surface area contributed by atoms with Crippen LogP contribution < -0.4 is 20.7 Å². The maximum atomic E-state index is 14.3. The minimum atomic E-state index is -0.620. The third-order valence-electron chi connectivity index (χ3n) is 5.68. The Morgan fingerprint density at radius 1 is 0.829 bits per heavy atom. The van der Waals surface area contributed by atoms with Gasteiger partial charge in [0, 0.05) is 21.7 Å². The highest BCUT2D eigenvalue weighted by Gasteiger charge is 2.16. The summed E-state index contributed by atoms with van der Waals surface area (Å²) in [5.74, 6) is -1.05. The van der Waals surface area contributed by atoms with Crippen LogP contribution in [0, 0.1) is 5.82 Å². The van der Waals surface area contributed by atoms with Crippen LogP contribution >= 0.6 is 11.8 Å². The molecule has 0 saturated carbocycles. The summed E-state index contributed by atoms with van der Waals surface area (Å²) in [6, 6.07) is 28.5. The van der Waals surface area contributed by atoms with Gasteiger partial charge in [0.05, 0.1) is 18.0 Å². The number of thioether (sulfide) groups is 1. The molecule has 0 aromatic heterocycles. The Morgan fingerprint density at radius 2 is 1.51 bits per heavy atom. The van der Waals surface area contributed by atoms with Crippen LogP contribution in [0.15, 0.2) is 114 Å². The van der Waals surface area contributed by atoms with Gasteiger partial charge in [-0.15, -0.1) is 11.8 Å². The molecule has 7 nitrogen and oxygen atoms in total. The maximum absolute atomic E-state index is 14.3. The number of hydrogen-bond donors (Lipinski definition) is 3. The molecule has 0 bridgehead atoms. The second-order valence-electron chi connectivity index (χ2n) is 8.64. The van der Waals surface area contributed by atoms with Gasteiger partial charge in [0.2, 0.25) is 5.91 Å². The second-order valence-corrected chi connectivity index (χ2v) is 9.69. The lowest BCUT2D eigenvalue weighted by molar-refractivity contribution is -0.114. The summed E-state index contributed by atoms with van der Waals surface area (Å²) in [5, 5.41) is 8.18. The number of para-hydroxylation sites is 2. The molecule has 208 valence electrons. The van der Waals surface area contributed by atoms with Gasteiger partial charge in [0.1, 0.15) is 17.3 Å². The molecule has 0 aliphatic carbocycles. The fourth-order valence-electron chi connectivity index (χ4n) is 3.71. The lowest BCUT2D eigenvalue weighted by Crippen LogP contribution is -2.30. The van der Waals surface area contributed by atoms with E-state index in [-0.39, 0.29) is 22.9 Å². The molecule has 0 heterocycles. The lowest BCUT2D eigenvalue weighted by atomic mass is 10.1. The molecule has 3 amide bonds. The zero-order valence-corrected chi connectivity index (χ0v) is 23.0. The molecule has 0 aliphatic heterocycles. The topological polar surface area (TPSA) is 96.5 Å². The molecule has 0 saturated heterocycles. The number of carbonyl (C=O) groups is 3. The van der Waals surface area contributed by atoms with Gasteiger partial charge < -0.3 is 20.7 Å². The Morgan fingerprint density at radius 3 is 2.24 bits per heavy atom. The number of amides is 3. The van der Waals surface area contributed by atoms with E-state index in [0.717, 1.165) is 4.90 Å². The van der Waals surface area contributed by atoms with Gasteiger partial charge in [-0.1, -0.05) is 48.5 Å². The molecule has 41 heavy (non-hydrogen) atoms. The summed E-state index contributed by atoms with van der Waals surface area (Å²) in [4.78, 5) is 39.2. The Labute approximate surface area is 241 Å². The Bertz CT molecular complexity index is 1540. The van der Waals surface area contributed by atoms with Crippen molar-refractivity contribution >= 4 is 46.9 Å². The largest absolute Gasteiger partial charge is 0.492 e. The Balaban J connectivity index is 1.40. The molecular weight excluding hydrogens is 541 g/mol. The average Bonchev–Trinajstić information content (AvgIpc) is 2.99. The van der Waals surface area contributed by atoms with Crippen molar-refractivity contribution < 1.29 is 23.5 Å². The normalized spacial score (nSPS) is 10.9. The van der Waals surface area contributed by atoms with Gasteiger partial charge in [-0.2, -0.15) is 0 Å². The highest BCUT2D eigenvalue weighted by molar-refractivity contribution is 8.00. The summed E-state index contributed by atoms with van der Waals surface area (Å²) >= 11 is 1.33. The third kappa shape index (κ3) is 8.55. The van der Waals surface area contributed by atoms with Crippen LogP contribution in [0.25, 0.3) is 6.08 Å². The smallest absolute Gasteiger partial charge is 0.272 e. The van der Waals surface area contributed by atoms with Gasteiger partial charge in [0.15, 0.2) is 0 Å². The minimum Gasteiger partial charge on any atom is -0.492 e. The van der Waals surface area contributed by atoms with Crippen molar-refractivity contribution in [3.63, 3.8) is 0 Å². The minimum absolute atomic E-state index is 0.119. The quantitative estimate of drug-likeness (QED) is 0.144. The van der Waals surface area contributed by atoms with Crippen molar-refractivity contribution in [1.29, 1.82) is 0 Å². The SMILES string of the molecule is CCOc1ccccc1NC(=O)CSc1ccc(NC(=O)/C(=C/c2ccccc2F)NC(=O)c2ccccc2)cc1. The van der Waals surface area contributed by atoms with Crippen LogP contribution in [0.4, 0.5) is 15.8 Å². The first-order valence-electron chi connectivity index (χ1n) is 12.8. The van der Waals surface area contributed by atoms with E-state index in [4.69, 9.17) is 4.74 Å². The van der Waals surface area contributed by atoms with E-state index in [1.807, 2.05) is 19.1 Å². The van der Waals surface area contributed by atoms with E-state index >= 15 is 0 Å². The molecule has 0 spiro atoms. The number of anilines is 2. The van der Waals surface area contributed by atoms with Crippen molar-refractivity contribution in [3.8, 4) is 5.75 Å². The Kier molecular flexibility index (Phi) is 10.3. The summed E-state index contributed by atoms with van der Waals surface area (Å²) in [6.45, 7) is 2.37. The maximum Gasteiger partial charge on any atom is 0.272 e. The second kappa shape index (κ2) is 14.5. The molecule has 4 aromatic rings. The van der Waals surface area contributed by atoms with Crippen molar-refractivity contribution in [2.75, 3.05) is 23.0 Å². The number of hydrogen-bond acceptors (Lipinski definition) is 5. The number of benzene rings is 4. The first-order chi connectivity index (χ1) is 19.9.